The van der Waals surface area contributed by atoms with Crippen LogP contribution in [0.3, 0.4) is 0 Å². The summed E-state index contributed by atoms with van der Waals surface area (Å²) in [5, 5.41) is 15.0. The lowest BCUT2D eigenvalue weighted by Crippen LogP contribution is -2.01. The molecular formula is C13H13N3O5. The van der Waals surface area contributed by atoms with E-state index in [0.29, 0.717) is 6.54 Å². The van der Waals surface area contributed by atoms with Gasteiger partial charge in [-0.15, -0.1) is 0 Å². The van der Waals surface area contributed by atoms with Gasteiger partial charge in [0, 0.05) is 0 Å². The number of benzene rings is 1. The highest BCUT2D eigenvalue weighted by Crippen LogP contribution is 2.19. The Morgan fingerprint density at radius 2 is 2.10 bits per heavy atom. The highest BCUT2D eigenvalue weighted by molar-refractivity contribution is 5.39. The summed E-state index contributed by atoms with van der Waals surface area (Å²) in [4.78, 5) is 20.6. The monoisotopic (exact) mass is 291 g/mol. The first kappa shape index (κ1) is 14.5. The van der Waals surface area contributed by atoms with E-state index in [2.05, 4.69) is 9.84 Å². The van der Waals surface area contributed by atoms with E-state index in [1.807, 2.05) is 12.1 Å². The largest absolute Gasteiger partial charge is 0.497 e. The highest BCUT2D eigenvalue weighted by Gasteiger charge is 2.19. The molecule has 1 heterocycles. The number of aromatic nitrogens is 2. The predicted molar refractivity (Wildman–Crippen MR) is 71.8 cm³/mol. The summed E-state index contributed by atoms with van der Waals surface area (Å²) >= 11 is 0. The fraction of sp³-hybridized carbons (Fsp3) is 0.231. The first-order valence-electron chi connectivity index (χ1n) is 6.03. The Hall–Kier alpha value is -2.90. The summed E-state index contributed by atoms with van der Waals surface area (Å²) in [6, 6.07) is 7.27. The number of nitrogens with zero attached hydrogens (tertiary/aromatic N) is 3. The quantitative estimate of drug-likeness (QED) is 0.436. The van der Waals surface area contributed by atoms with Crippen LogP contribution in [0.1, 0.15) is 11.3 Å². The van der Waals surface area contributed by atoms with E-state index < -0.39 is 4.92 Å². The minimum absolute atomic E-state index is 0.112. The summed E-state index contributed by atoms with van der Waals surface area (Å²) in [7, 11) is 1.57. The number of carbonyl (C=O) groups excluding carboxylic acids is 1. The lowest BCUT2D eigenvalue weighted by atomic mass is 10.2. The van der Waals surface area contributed by atoms with Crippen molar-refractivity contribution in [2.45, 2.75) is 13.2 Å². The number of carbonyl (C=O) groups is 1. The van der Waals surface area contributed by atoms with Gasteiger partial charge in [-0.05, 0) is 17.7 Å². The van der Waals surface area contributed by atoms with Crippen LogP contribution in [0.25, 0.3) is 0 Å². The van der Waals surface area contributed by atoms with E-state index >= 15 is 0 Å². The van der Waals surface area contributed by atoms with Crippen LogP contribution in [0.5, 0.6) is 5.75 Å². The van der Waals surface area contributed by atoms with E-state index in [1.165, 1.54) is 10.9 Å². The number of hydrogen-bond acceptors (Lipinski definition) is 6. The summed E-state index contributed by atoms with van der Waals surface area (Å²) in [6.45, 7) is 0.369. The van der Waals surface area contributed by atoms with E-state index in [0.717, 1.165) is 11.3 Å². The van der Waals surface area contributed by atoms with E-state index in [9.17, 15) is 14.9 Å². The van der Waals surface area contributed by atoms with Crippen LogP contribution in [0.15, 0.2) is 30.5 Å². The fourth-order valence-electron chi connectivity index (χ4n) is 1.82. The lowest BCUT2D eigenvalue weighted by molar-refractivity contribution is -0.385. The smallest absolute Gasteiger partial charge is 0.313 e. The second kappa shape index (κ2) is 6.51. The van der Waals surface area contributed by atoms with Gasteiger partial charge in [0.25, 0.3) is 6.47 Å². The van der Waals surface area contributed by atoms with Gasteiger partial charge in [0.15, 0.2) is 5.69 Å². The molecule has 0 spiro atoms. The summed E-state index contributed by atoms with van der Waals surface area (Å²) < 4.78 is 11.0. The molecule has 0 saturated heterocycles. The number of ether oxygens (including phenoxy) is 2. The molecule has 0 amide bonds. The minimum atomic E-state index is -0.555. The maximum Gasteiger partial charge on any atom is 0.313 e. The minimum Gasteiger partial charge on any atom is -0.497 e. The van der Waals surface area contributed by atoms with Gasteiger partial charge in [0.2, 0.25) is 0 Å². The molecule has 1 aromatic carbocycles. The Balaban J connectivity index is 2.18. The molecular weight excluding hydrogens is 278 g/mol. The van der Waals surface area contributed by atoms with Crippen LogP contribution in [-0.4, -0.2) is 28.3 Å². The zero-order chi connectivity index (χ0) is 15.2. The van der Waals surface area contributed by atoms with Crippen molar-refractivity contribution in [3.8, 4) is 5.75 Å². The van der Waals surface area contributed by atoms with Crippen LogP contribution in [0.4, 0.5) is 5.69 Å². The molecule has 0 radical (unpaired) electrons. The Bertz CT molecular complexity index is 636. The normalized spacial score (nSPS) is 10.1. The topological polar surface area (TPSA) is 96.5 Å². The standard InChI is InChI=1S/C13H13N3O5/c1-20-11-4-2-10(3-5-11)6-15-7-13(16(18)19)12(14-15)8-21-9-17/h2-5,7,9H,6,8H2,1H3. The van der Waals surface area contributed by atoms with Crippen molar-refractivity contribution in [3.05, 3.63) is 51.8 Å². The number of rotatable bonds is 7. The molecule has 8 heteroatoms. The first-order chi connectivity index (χ1) is 10.1. The van der Waals surface area contributed by atoms with Crippen LogP contribution >= 0.6 is 0 Å². The summed E-state index contributed by atoms with van der Waals surface area (Å²) in [5.41, 5.74) is 0.849. The lowest BCUT2D eigenvalue weighted by Gasteiger charge is -2.03. The Morgan fingerprint density at radius 1 is 1.38 bits per heavy atom. The predicted octanol–water partition coefficient (Wildman–Crippen LogP) is 1.52. The Kier molecular flexibility index (Phi) is 4.50. The van der Waals surface area contributed by atoms with Crippen LogP contribution in [-0.2, 0) is 22.7 Å². The SMILES string of the molecule is COc1ccc(Cn2cc([N+](=O)[O-])c(COC=O)n2)cc1. The van der Waals surface area contributed by atoms with Gasteiger partial charge >= 0.3 is 5.69 Å². The summed E-state index contributed by atoms with van der Waals surface area (Å²) in [5.74, 6) is 0.727. The molecule has 0 unspecified atom stereocenters. The third-order valence-electron chi connectivity index (χ3n) is 2.80. The van der Waals surface area contributed by atoms with Crippen molar-refractivity contribution < 1.29 is 19.2 Å². The fourth-order valence-corrected chi connectivity index (χ4v) is 1.82. The molecule has 0 aliphatic carbocycles. The van der Waals surface area contributed by atoms with Crippen LogP contribution in [0.2, 0.25) is 0 Å². The van der Waals surface area contributed by atoms with Gasteiger partial charge in [0.1, 0.15) is 18.6 Å². The van der Waals surface area contributed by atoms with Crippen LogP contribution in [0, 0.1) is 10.1 Å². The average molecular weight is 291 g/mol. The highest BCUT2D eigenvalue weighted by atomic mass is 16.6. The van der Waals surface area contributed by atoms with Crippen molar-refractivity contribution in [1.29, 1.82) is 0 Å². The molecule has 1 aromatic heterocycles. The van der Waals surface area contributed by atoms with Gasteiger partial charge < -0.3 is 9.47 Å². The molecule has 0 aliphatic heterocycles. The second-order valence-electron chi connectivity index (χ2n) is 4.17. The zero-order valence-corrected chi connectivity index (χ0v) is 11.3. The van der Waals surface area contributed by atoms with Crippen molar-refractivity contribution in [3.63, 3.8) is 0 Å². The molecule has 110 valence electrons. The third-order valence-corrected chi connectivity index (χ3v) is 2.80. The molecule has 0 bridgehead atoms. The molecule has 0 atom stereocenters. The molecule has 0 aliphatic rings. The average Bonchev–Trinajstić information content (AvgIpc) is 2.89. The molecule has 21 heavy (non-hydrogen) atoms. The Labute approximate surface area is 120 Å². The molecule has 8 nitrogen and oxygen atoms in total. The third kappa shape index (κ3) is 3.56. The van der Waals surface area contributed by atoms with Crippen molar-refractivity contribution in [1.82, 2.24) is 9.78 Å². The molecule has 0 saturated carbocycles. The second-order valence-corrected chi connectivity index (χ2v) is 4.17. The van der Waals surface area contributed by atoms with Gasteiger partial charge in [-0.2, -0.15) is 5.10 Å². The number of methoxy groups -OCH3 is 1. The number of hydrogen-bond donors (Lipinski definition) is 0. The Morgan fingerprint density at radius 3 is 2.67 bits per heavy atom. The van der Waals surface area contributed by atoms with Crippen molar-refractivity contribution in [2.24, 2.45) is 0 Å². The van der Waals surface area contributed by atoms with Gasteiger partial charge in [0.05, 0.1) is 18.6 Å². The number of nitro groups is 1. The first-order valence-corrected chi connectivity index (χ1v) is 6.03. The molecule has 0 fully saturated rings. The molecule has 2 aromatic rings. The maximum absolute atomic E-state index is 10.9. The zero-order valence-electron chi connectivity index (χ0n) is 11.3. The van der Waals surface area contributed by atoms with Crippen molar-refractivity contribution in [2.75, 3.05) is 7.11 Å². The molecule has 0 N–H and O–H groups in total. The van der Waals surface area contributed by atoms with E-state index in [-0.39, 0.29) is 24.5 Å². The molecule has 2 rings (SSSR count). The van der Waals surface area contributed by atoms with E-state index in [1.54, 1.807) is 19.2 Å². The van der Waals surface area contributed by atoms with Gasteiger partial charge in [-0.25, -0.2) is 0 Å². The maximum atomic E-state index is 10.9. The van der Waals surface area contributed by atoms with Gasteiger partial charge in [-0.3, -0.25) is 19.6 Å². The van der Waals surface area contributed by atoms with E-state index in [4.69, 9.17) is 4.74 Å². The van der Waals surface area contributed by atoms with Crippen molar-refractivity contribution >= 4 is 12.2 Å². The van der Waals surface area contributed by atoms with Crippen LogP contribution < -0.4 is 4.74 Å². The summed E-state index contributed by atoms with van der Waals surface area (Å²) in [6.07, 6.45) is 1.31. The van der Waals surface area contributed by atoms with Gasteiger partial charge in [-0.1, -0.05) is 12.1 Å².